The maximum atomic E-state index is 12.8. The Morgan fingerprint density at radius 1 is 1.10 bits per heavy atom. The van der Waals surface area contributed by atoms with Crippen molar-refractivity contribution in [3.8, 4) is 11.5 Å². The largest absolute Gasteiger partial charge is 0.495 e. The first-order valence-corrected chi connectivity index (χ1v) is 11.5. The number of amides is 1. The Morgan fingerprint density at radius 3 is 2.27 bits per heavy atom. The predicted octanol–water partition coefficient (Wildman–Crippen LogP) is 3.26. The van der Waals surface area contributed by atoms with Crippen molar-refractivity contribution in [3.63, 3.8) is 0 Å². The van der Waals surface area contributed by atoms with Gasteiger partial charge in [0.05, 0.1) is 25.2 Å². The van der Waals surface area contributed by atoms with Crippen molar-refractivity contribution in [1.29, 1.82) is 0 Å². The molecule has 1 atom stereocenters. The van der Waals surface area contributed by atoms with Crippen LogP contribution in [0, 0.1) is 6.92 Å². The number of anilines is 1. The summed E-state index contributed by atoms with van der Waals surface area (Å²) in [5.74, 6) is 0.723. The monoisotopic (exact) mass is 434 g/mol. The summed E-state index contributed by atoms with van der Waals surface area (Å²) in [6, 6.07) is 11.6. The lowest BCUT2D eigenvalue weighted by Gasteiger charge is -2.29. The van der Waals surface area contributed by atoms with Gasteiger partial charge in [-0.05, 0) is 63.1 Å². The summed E-state index contributed by atoms with van der Waals surface area (Å²) in [6.07, 6.45) is 1.16. The molecule has 1 N–H and O–H groups in total. The second kappa shape index (κ2) is 9.84. The van der Waals surface area contributed by atoms with E-state index in [-0.39, 0.29) is 12.6 Å². The molecular weight excluding hydrogens is 404 g/mol. The van der Waals surface area contributed by atoms with E-state index in [1.165, 1.54) is 7.11 Å². The zero-order valence-corrected chi connectivity index (χ0v) is 19.1. The van der Waals surface area contributed by atoms with Crippen LogP contribution < -0.4 is 19.1 Å². The van der Waals surface area contributed by atoms with Crippen molar-refractivity contribution in [2.45, 2.75) is 46.4 Å². The van der Waals surface area contributed by atoms with Crippen LogP contribution in [0.25, 0.3) is 0 Å². The van der Waals surface area contributed by atoms with Gasteiger partial charge in [-0.25, -0.2) is 8.42 Å². The average Bonchev–Trinajstić information content (AvgIpc) is 2.66. The molecule has 0 spiro atoms. The lowest BCUT2D eigenvalue weighted by Crippen LogP contribution is -2.47. The molecule has 0 aliphatic heterocycles. The molecule has 164 valence electrons. The molecule has 2 aromatic carbocycles. The van der Waals surface area contributed by atoms with E-state index in [4.69, 9.17) is 9.47 Å². The minimum Gasteiger partial charge on any atom is -0.495 e. The van der Waals surface area contributed by atoms with Crippen LogP contribution in [0.3, 0.4) is 0 Å². The van der Waals surface area contributed by atoms with Gasteiger partial charge in [-0.3, -0.25) is 9.10 Å². The maximum Gasteiger partial charge on any atom is 0.243 e. The number of nitrogens with one attached hydrogen (secondary N) is 1. The molecule has 30 heavy (non-hydrogen) atoms. The molecule has 8 heteroatoms. The van der Waals surface area contributed by atoms with Crippen LogP contribution in [0.2, 0.25) is 0 Å². The fourth-order valence-corrected chi connectivity index (χ4v) is 4.22. The van der Waals surface area contributed by atoms with Gasteiger partial charge < -0.3 is 14.8 Å². The number of benzene rings is 2. The van der Waals surface area contributed by atoms with E-state index < -0.39 is 22.0 Å². The molecule has 0 fully saturated rings. The van der Waals surface area contributed by atoms with Crippen molar-refractivity contribution >= 4 is 21.6 Å². The van der Waals surface area contributed by atoms with Gasteiger partial charge in [0.25, 0.3) is 0 Å². The third-order valence-electron chi connectivity index (χ3n) is 4.42. The fraction of sp³-hybridized carbons (Fsp3) is 0.409. The minimum atomic E-state index is -3.74. The number of carbonyl (C=O) groups excluding carboxylic acids is 1. The van der Waals surface area contributed by atoms with E-state index in [0.717, 1.165) is 27.4 Å². The van der Waals surface area contributed by atoms with Crippen molar-refractivity contribution in [2.24, 2.45) is 0 Å². The van der Waals surface area contributed by atoms with Gasteiger partial charge in [-0.1, -0.05) is 18.2 Å². The Kier molecular flexibility index (Phi) is 7.72. The Labute approximate surface area is 179 Å². The highest BCUT2D eigenvalue weighted by molar-refractivity contribution is 7.92. The second-order valence-electron chi connectivity index (χ2n) is 7.44. The molecular formula is C22H30N2O5S. The molecule has 2 rings (SSSR count). The van der Waals surface area contributed by atoms with E-state index in [2.05, 4.69) is 5.32 Å². The van der Waals surface area contributed by atoms with E-state index in [9.17, 15) is 13.2 Å². The summed E-state index contributed by atoms with van der Waals surface area (Å²) >= 11 is 0. The highest BCUT2D eigenvalue weighted by Crippen LogP contribution is 2.32. The second-order valence-corrected chi connectivity index (χ2v) is 9.30. The molecule has 0 saturated carbocycles. The first-order valence-electron chi connectivity index (χ1n) is 9.70. The maximum absolute atomic E-state index is 12.8. The number of carbonyl (C=O) groups is 1. The quantitative estimate of drug-likeness (QED) is 0.655. The molecule has 0 radical (unpaired) electrons. The molecule has 0 saturated heterocycles. The SMILES string of the molecule is COc1ccc(C)cc1N(C(C)C(=O)NCc1ccc(OC(C)C)cc1)S(C)(=O)=O. The molecule has 2 aromatic rings. The highest BCUT2D eigenvalue weighted by Gasteiger charge is 2.31. The van der Waals surface area contributed by atoms with Crippen molar-refractivity contribution in [1.82, 2.24) is 5.32 Å². The first-order chi connectivity index (χ1) is 14.0. The lowest BCUT2D eigenvalue weighted by molar-refractivity contribution is -0.122. The van der Waals surface area contributed by atoms with Crippen molar-refractivity contribution in [3.05, 3.63) is 53.6 Å². The van der Waals surface area contributed by atoms with Gasteiger partial charge in [-0.2, -0.15) is 0 Å². The minimum absolute atomic E-state index is 0.0805. The smallest absolute Gasteiger partial charge is 0.243 e. The van der Waals surface area contributed by atoms with Gasteiger partial charge in [0.1, 0.15) is 17.5 Å². The Bertz CT molecular complexity index is 972. The third-order valence-corrected chi connectivity index (χ3v) is 5.65. The summed E-state index contributed by atoms with van der Waals surface area (Å²) in [5.41, 5.74) is 2.07. The normalized spacial score (nSPS) is 12.4. The van der Waals surface area contributed by atoms with Crippen LogP contribution in [0.15, 0.2) is 42.5 Å². The molecule has 1 amide bonds. The average molecular weight is 435 g/mol. The van der Waals surface area contributed by atoms with Crippen molar-refractivity contribution in [2.75, 3.05) is 17.7 Å². The van der Waals surface area contributed by atoms with Crippen LogP contribution in [0.5, 0.6) is 11.5 Å². The van der Waals surface area contributed by atoms with Crippen molar-refractivity contribution < 1.29 is 22.7 Å². The molecule has 1 unspecified atom stereocenters. The van der Waals surface area contributed by atoms with Gasteiger partial charge >= 0.3 is 0 Å². The molecule has 7 nitrogen and oxygen atoms in total. The van der Waals surface area contributed by atoms with Gasteiger partial charge in [0.15, 0.2) is 0 Å². The number of nitrogens with zero attached hydrogens (tertiary/aromatic N) is 1. The lowest BCUT2D eigenvalue weighted by atomic mass is 10.1. The number of hydrogen-bond acceptors (Lipinski definition) is 5. The summed E-state index contributed by atoms with van der Waals surface area (Å²) in [4.78, 5) is 12.8. The van der Waals surface area contributed by atoms with E-state index in [1.54, 1.807) is 19.1 Å². The van der Waals surface area contributed by atoms with E-state index >= 15 is 0 Å². The summed E-state index contributed by atoms with van der Waals surface area (Å²) in [5, 5.41) is 2.81. The van der Waals surface area contributed by atoms with Gasteiger partial charge in [-0.15, -0.1) is 0 Å². The number of aryl methyl sites for hydroxylation is 1. The van der Waals surface area contributed by atoms with Crippen LogP contribution >= 0.6 is 0 Å². The number of rotatable bonds is 9. The summed E-state index contributed by atoms with van der Waals surface area (Å²) in [6.45, 7) is 7.57. The predicted molar refractivity (Wildman–Crippen MR) is 119 cm³/mol. The zero-order chi connectivity index (χ0) is 22.5. The number of hydrogen-bond donors (Lipinski definition) is 1. The molecule has 0 bridgehead atoms. The van der Waals surface area contributed by atoms with E-state index in [0.29, 0.717) is 11.4 Å². The summed E-state index contributed by atoms with van der Waals surface area (Å²) < 4.78 is 37.1. The van der Waals surface area contributed by atoms with Crippen LogP contribution in [0.4, 0.5) is 5.69 Å². The molecule has 0 heterocycles. The summed E-state index contributed by atoms with van der Waals surface area (Å²) in [7, 11) is -2.27. The fourth-order valence-electron chi connectivity index (χ4n) is 3.05. The number of ether oxygens (including phenoxy) is 2. The van der Waals surface area contributed by atoms with E-state index in [1.807, 2.05) is 51.1 Å². The van der Waals surface area contributed by atoms with Crippen LogP contribution in [-0.2, 0) is 21.4 Å². The number of methoxy groups -OCH3 is 1. The Morgan fingerprint density at radius 2 is 1.73 bits per heavy atom. The van der Waals surface area contributed by atoms with Gasteiger partial charge in [0.2, 0.25) is 15.9 Å². The number of sulfonamides is 1. The molecule has 0 aliphatic carbocycles. The first kappa shape index (κ1) is 23.5. The Balaban J connectivity index is 2.18. The standard InChI is InChI=1S/C22H30N2O5S/c1-15(2)29-19-10-8-18(9-11-19)14-23-22(25)17(4)24(30(6,26)27)20-13-16(3)7-12-21(20)28-5/h7-13,15,17H,14H2,1-6H3,(H,23,25). The third kappa shape index (κ3) is 6.13. The highest BCUT2D eigenvalue weighted by atomic mass is 32.2. The van der Waals surface area contributed by atoms with Crippen LogP contribution in [0.1, 0.15) is 31.9 Å². The topological polar surface area (TPSA) is 84.9 Å². The van der Waals surface area contributed by atoms with Gasteiger partial charge in [0, 0.05) is 6.54 Å². The Hall–Kier alpha value is -2.74. The molecule has 0 aromatic heterocycles. The zero-order valence-electron chi connectivity index (χ0n) is 18.3. The molecule has 0 aliphatic rings. The van der Waals surface area contributed by atoms with Crippen LogP contribution in [-0.4, -0.2) is 39.8 Å².